The second kappa shape index (κ2) is 5.47. The van der Waals surface area contributed by atoms with Gasteiger partial charge in [0.1, 0.15) is 12.5 Å². The molecule has 4 rings (SSSR count). The minimum atomic E-state index is -0.936. The summed E-state index contributed by atoms with van der Waals surface area (Å²) in [6.07, 6.45) is 1.66. The number of benzene rings is 1. The number of aliphatic carboxylic acids is 1. The van der Waals surface area contributed by atoms with Crippen molar-refractivity contribution < 1.29 is 19.1 Å². The Labute approximate surface area is 146 Å². The Morgan fingerprint density at radius 1 is 1.33 bits per heavy atom. The molecule has 1 saturated heterocycles. The number of carboxylic acids is 1. The zero-order chi connectivity index (χ0) is 17.0. The van der Waals surface area contributed by atoms with Crippen molar-refractivity contribution in [1.29, 1.82) is 0 Å². The van der Waals surface area contributed by atoms with Crippen molar-refractivity contribution in [2.45, 2.75) is 25.8 Å². The molecule has 1 fully saturated rings. The molecule has 3 aliphatic rings. The zero-order valence-corrected chi connectivity index (χ0v) is 14.3. The molecule has 1 amide bonds. The molecule has 1 aromatic rings. The molecule has 1 aromatic carbocycles. The number of hydrazine groups is 1. The van der Waals surface area contributed by atoms with Gasteiger partial charge in [-0.3, -0.25) is 14.6 Å². The predicted molar refractivity (Wildman–Crippen MR) is 85.9 cm³/mol. The van der Waals surface area contributed by atoms with E-state index in [-0.39, 0.29) is 18.9 Å². The van der Waals surface area contributed by atoms with E-state index in [1.807, 2.05) is 0 Å². The monoisotopic (exact) mass is 395 g/mol. The Morgan fingerprint density at radius 3 is 2.88 bits per heavy atom. The lowest BCUT2D eigenvalue weighted by molar-refractivity contribution is -0.137. The second-order valence-electron chi connectivity index (χ2n) is 6.15. The molecule has 3 aliphatic heterocycles. The maximum Gasteiger partial charge on any atom is 0.309 e. The molecule has 24 heavy (non-hydrogen) atoms. The number of hydrogen-bond donors (Lipinski definition) is 1. The smallest absolute Gasteiger partial charge is 0.309 e. The molecule has 6 nitrogen and oxygen atoms in total. The van der Waals surface area contributed by atoms with Gasteiger partial charge in [-0.2, -0.15) is 0 Å². The summed E-state index contributed by atoms with van der Waals surface area (Å²) in [5.74, 6) is -1.66. The number of carboxylic acid groups (broad SMARTS) is 1. The standard InChI is InChI=1S/C16H15BrFN3O3/c17-9-4-10-11(12(18)5-9)7-20(16(10)24)21-8-19-3-1-2-13(19)14(21)6-15(22)23/h4-5H,1-3,6-8H2,(H,22,23). The second-order valence-corrected chi connectivity index (χ2v) is 7.06. The quantitative estimate of drug-likeness (QED) is 0.851. The van der Waals surface area contributed by atoms with E-state index in [2.05, 4.69) is 20.8 Å². The fourth-order valence-corrected chi connectivity index (χ4v) is 4.11. The van der Waals surface area contributed by atoms with E-state index < -0.39 is 11.8 Å². The van der Waals surface area contributed by atoms with Gasteiger partial charge in [0, 0.05) is 22.3 Å². The van der Waals surface area contributed by atoms with Crippen LogP contribution in [0.25, 0.3) is 0 Å². The van der Waals surface area contributed by atoms with Gasteiger partial charge in [0.2, 0.25) is 0 Å². The lowest BCUT2D eigenvalue weighted by Gasteiger charge is -2.32. The Morgan fingerprint density at radius 2 is 2.12 bits per heavy atom. The van der Waals surface area contributed by atoms with E-state index in [0.29, 0.717) is 28.0 Å². The van der Waals surface area contributed by atoms with E-state index in [4.69, 9.17) is 0 Å². The maximum absolute atomic E-state index is 14.2. The number of nitrogens with zero attached hydrogens (tertiary/aromatic N) is 3. The Balaban J connectivity index is 1.70. The highest BCUT2D eigenvalue weighted by Crippen LogP contribution is 2.38. The normalized spacial score (nSPS) is 19.4. The number of rotatable bonds is 3. The van der Waals surface area contributed by atoms with E-state index in [1.54, 1.807) is 11.1 Å². The van der Waals surface area contributed by atoms with Crippen LogP contribution in [0, 0.1) is 5.82 Å². The van der Waals surface area contributed by atoms with E-state index in [9.17, 15) is 19.1 Å². The van der Waals surface area contributed by atoms with E-state index in [0.717, 1.165) is 25.1 Å². The fourth-order valence-electron chi connectivity index (χ4n) is 3.68. The van der Waals surface area contributed by atoms with Crippen molar-refractivity contribution in [2.75, 3.05) is 13.2 Å². The van der Waals surface area contributed by atoms with Crippen LogP contribution in [0.4, 0.5) is 4.39 Å². The molecule has 126 valence electrons. The summed E-state index contributed by atoms with van der Waals surface area (Å²) in [6, 6.07) is 2.95. The van der Waals surface area contributed by atoms with Crippen molar-refractivity contribution in [3.8, 4) is 0 Å². The molecule has 0 spiro atoms. The van der Waals surface area contributed by atoms with Crippen LogP contribution in [0.3, 0.4) is 0 Å². The van der Waals surface area contributed by atoms with Crippen molar-refractivity contribution in [3.05, 3.63) is 44.9 Å². The molecule has 0 saturated carbocycles. The van der Waals surface area contributed by atoms with Gasteiger partial charge in [0.05, 0.1) is 24.2 Å². The first-order chi connectivity index (χ1) is 11.5. The van der Waals surface area contributed by atoms with Crippen LogP contribution in [-0.2, 0) is 11.3 Å². The molecule has 1 N–H and O–H groups in total. The Hall–Kier alpha value is -2.09. The van der Waals surface area contributed by atoms with Gasteiger partial charge in [-0.1, -0.05) is 15.9 Å². The van der Waals surface area contributed by atoms with Crippen LogP contribution in [-0.4, -0.2) is 45.1 Å². The molecule has 0 atom stereocenters. The lowest BCUT2D eigenvalue weighted by Crippen LogP contribution is -2.43. The average molecular weight is 396 g/mol. The summed E-state index contributed by atoms with van der Waals surface area (Å²) in [4.78, 5) is 26.1. The topological polar surface area (TPSA) is 64.1 Å². The summed E-state index contributed by atoms with van der Waals surface area (Å²) in [7, 11) is 0. The highest BCUT2D eigenvalue weighted by atomic mass is 79.9. The third-order valence-corrected chi connectivity index (χ3v) is 5.17. The van der Waals surface area contributed by atoms with Gasteiger partial charge in [0.15, 0.2) is 0 Å². The molecule has 3 heterocycles. The van der Waals surface area contributed by atoms with Crippen LogP contribution in [0.5, 0.6) is 0 Å². The molecular weight excluding hydrogens is 381 g/mol. The zero-order valence-electron chi connectivity index (χ0n) is 12.8. The summed E-state index contributed by atoms with van der Waals surface area (Å²) in [5.41, 5.74) is 2.31. The van der Waals surface area contributed by atoms with Crippen LogP contribution in [0.2, 0.25) is 0 Å². The summed E-state index contributed by atoms with van der Waals surface area (Å²) in [5, 5.41) is 12.4. The van der Waals surface area contributed by atoms with Gasteiger partial charge < -0.3 is 10.0 Å². The number of amides is 1. The Bertz CT molecular complexity index is 795. The minimum absolute atomic E-state index is 0.123. The van der Waals surface area contributed by atoms with Crippen molar-refractivity contribution in [3.63, 3.8) is 0 Å². The van der Waals surface area contributed by atoms with Crippen LogP contribution >= 0.6 is 15.9 Å². The molecule has 8 heteroatoms. The molecule has 0 aromatic heterocycles. The maximum atomic E-state index is 14.2. The number of carbonyl (C=O) groups excluding carboxylic acids is 1. The molecule has 0 radical (unpaired) electrons. The third kappa shape index (κ3) is 2.28. The van der Waals surface area contributed by atoms with E-state index >= 15 is 0 Å². The number of fused-ring (bicyclic) bond motifs is 2. The molecule has 0 unspecified atom stereocenters. The minimum Gasteiger partial charge on any atom is -0.481 e. The van der Waals surface area contributed by atoms with E-state index in [1.165, 1.54) is 11.1 Å². The number of carbonyl (C=O) groups is 2. The first-order valence-electron chi connectivity index (χ1n) is 7.71. The van der Waals surface area contributed by atoms with Crippen LogP contribution in [0.15, 0.2) is 28.0 Å². The fraction of sp³-hybridized carbons (Fsp3) is 0.375. The average Bonchev–Trinajstić information content (AvgIpc) is 3.15. The highest BCUT2D eigenvalue weighted by molar-refractivity contribution is 9.10. The first-order valence-corrected chi connectivity index (χ1v) is 8.51. The van der Waals surface area contributed by atoms with Gasteiger partial charge in [-0.25, -0.2) is 9.40 Å². The number of allylic oxidation sites excluding steroid dienone is 1. The van der Waals surface area contributed by atoms with Gasteiger partial charge in [-0.05, 0) is 25.0 Å². The highest BCUT2D eigenvalue weighted by Gasteiger charge is 2.41. The summed E-state index contributed by atoms with van der Waals surface area (Å²) >= 11 is 3.21. The predicted octanol–water partition coefficient (Wildman–Crippen LogP) is 2.51. The number of halogens is 2. The first kappa shape index (κ1) is 15.4. The number of hydrogen-bond acceptors (Lipinski definition) is 4. The molecule has 0 bridgehead atoms. The summed E-state index contributed by atoms with van der Waals surface area (Å²) in [6.45, 7) is 1.42. The largest absolute Gasteiger partial charge is 0.481 e. The van der Waals surface area contributed by atoms with Gasteiger partial charge in [0.25, 0.3) is 5.91 Å². The lowest BCUT2D eigenvalue weighted by atomic mass is 10.1. The third-order valence-electron chi connectivity index (χ3n) is 4.72. The van der Waals surface area contributed by atoms with Crippen molar-refractivity contribution >= 4 is 27.8 Å². The van der Waals surface area contributed by atoms with Gasteiger partial charge in [-0.15, -0.1) is 0 Å². The summed E-state index contributed by atoms with van der Waals surface area (Å²) < 4.78 is 14.7. The van der Waals surface area contributed by atoms with Crippen LogP contribution < -0.4 is 0 Å². The van der Waals surface area contributed by atoms with Crippen molar-refractivity contribution in [2.24, 2.45) is 0 Å². The van der Waals surface area contributed by atoms with Crippen molar-refractivity contribution in [1.82, 2.24) is 14.9 Å². The molecule has 0 aliphatic carbocycles. The van der Waals surface area contributed by atoms with Crippen LogP contribution in [0.1, 0.15) is 35.2 Å². The molecular formula is C16H15BrFN3O3. The Kier molecular flexibility index (Phi) is 3.52. The van der Waals surface area contributed by atoms with Gasteiger partial charge >= 0.3 is 5.97 Å². The SMILES string of the molecule is O=C(O)CC1=C2CCCN2CN1N1Cc2c(F)cc(Br)cc2C1=O.